The van der Waals surface area contributed by atoms with Crippen molar-refractivity contribution in [3.63, 3.8) is 0 Å². The van der Waals surface area contributed by atoms with Crippen molar-refractivity contribution in [2.75, 3.05) is 0 Å². The highest BCUT2D eigenvalue weighted by atomic mass is 16.1. The number of H-pyrrole nitrogens is 1. The van der Waals surface area contributed by atoms with Gasteiger partial charge in [0.05, 0.1) is 17.7 Å². The van der Waals surface area contributed by atoms with Gasteiger partial charge < -0.3 is 4.98 Å². The van der Waals surface area contributed by atoms with Crippen LogP contribution in [0.15, 0.2) is 29.5 Å². The minimum Gasteiger partial charge on any atom is -0.313 e. The van der Waals surface area contributed by atoms with Gasteiger partial charge in [0, 0.05) is 19.3 Å². The number of aryl methyl sites for hydroxylation is 1. The van der Waals surface area contributed by atoms with Gasteiger partial charge in [0.2, 0.25) is 0 Å². The summed E-state index contributed by atoms with van der Waals surface area (Å²) in [6.45, 7) is 0. The lowest BCUT2D eigenvalue weighted by molar-refractivity contribution is 0.772. The Hall–Kier alpha value is -1.91. The molecule has 0 aliphatic rings. The van der Waals surface area contributed by atoms with Gasteiger partial charge in [0.25, 0.3) is 5.56 Å². The van der Waals surface area contributed by atoms with Crippen molar-refractivity contribution in [3.8, 4) is 11.4 Å². The van der Waals surface area contributed by atoms with Crippen molar-refractivity contribution < 1.29 is 0 Å². The van der Waals surface area contributed by atoms with Crippen molar-refractivity contribution in [2.45, 2.75) is 0 Å². The molecule has 0 amide bonds. The van der Waals surface area contributed by atoms with Gasteiger partial charge in [-0.05, 0) is 6.07 Å². The van der Waals surface area contributed by atoms with E-state index in [1.165, 1.54) is 12.4 Å². The summed E-state index contributed by atoms with van der Waals surface area (Å²) >= 11 is 0. The van der Waals surface area contributed by atoms with Crippen molar-refractivity contribution in [1.82, 2.24) is 19.7 Å². The zero-order valence-corrected chi connectivity index (χ0v) is 7.06. The van der Waals surface area contributed by atoms with Crippen LogP contribution in [0.25, 0.3) is 11.4 Å². The summed E-state index contributed by atoms with van der Waals surface area (Å²) in [7, 11) is 1.80. The van der Waals surface area contributed by atoms with Crippen LogP contribution in [0.4, 0.5) is 0 Å². The molecule has 5 nitrogen and oxygen atoms in total. The third-order valence-electron chi connectivity index (χ3n) is 1.76. The summed E-state index contributed by atoms with van der Waals surface area (Å²) in [5.41, 5.74) is 1.29. The van der Waals surface area contributed by atoms with Crippen LogP contribution in [0, 0.1) is 0 Å². The number of rotatable bonds is 1. The maximum Gasteiger partial charge on any atom is 0.251 e. The molecule has 2 aromatic rings. The largest absolute Gasteiger partial charge is 0.313 e. The van der Waals surface area contributed by atoms with Crippen LogP contribution in [-0.2, 0) is 7.05 Å². The predicted molar refractivity (Wildman–Crippen MR) is 47.1 cm³/mol. The van der Waals surface area contributed by atoms with E-state index in [2.05, 4.69) is 15.1 Å². The van der Waals surface area contributed by atoms with Gasteiger partial charge in [-0.25, -0.2) is 4.98 Å². The summed E-state index contributed by atoms with van der Waals surface area (Å²) in [5, 5.41) is 3.99. The molecule has 2 heterocycles. The predicted octanol–water partition coefficient (Wildman–Crippen LogP) is 0.170. The monoisotopic (exact) mass is 176 g/mol. The first-order valence-electron chi connectivity index (χ1n) is 3.80. The second-order valence-electron chi connectivity index (χ2n) is 2.64. The molecule has 0 aliphatic heterocycles. The number of aromatic amines is 1. The Kier molecular flexibility index (Phi) is 1.70. The standard InChI is InChI=1S/C8H8N4O/c1-12-7(2-3-11-12)6-4-8(13)10-5-9-6/h2-5H,1H3,(H,9,10,13). The minimum absolute atomic E-state index is 0.161. The highest BCUT2D eigenvalue weighted by Gasteiger charge is 2.02. The number of nitrogens with one attached hydrogen (secondary N) is 1. The van der Waals surface area contributed by atoms with Crippen molar-refractivity contribution in [2.24, 2.45) is 7.05 Å². The molecular weight excluding hydrogens is 168 g/mol. The molecule has 0 radical (unpaired) electrons. The first-order valence-corrected chi connectivity index (χ1v) is 3.80. The molecule has 0 aromatic carbocycles. The Labute approximate surface area is 74.1 Å². The van der Waals surface area contributed by atoms with E-state index >= 15 is 0 Å². The van der Waals surface area contributed by atoms with E-state index in [1.807, 2.05) is 6.07 Å². The number of aromatic nitrogens is 4. The smallest absolute Gasteiger partial charge is 0.251 e. The second kappa shape index (κ2) is 2.85. The van der Waals surface area contributed by atoms with Crippen LogP contribution < -0.4 is 5.56 Å². The average Bonchev–Trinajstić information content (AvgIpc) is 2.51. The number of hydrogen-bond acceptors (Lipinski definition) is 3. The van der Waals surface area contributed by atoms with E-state index < -0.39 is 0 Å². The Balaban J connectivity index is 2.59. The first-order chi connectivity index (χ1) is 6.27. The molecule has 1 N–H and O–H groups in total. The molecule has 0 bridgehead atoms. The Bertz CT molecular complexity index is 471. The summed E-state index contributed by atoms with van der Waals surface area (Å²) in [4.78, 5) is 17.5. The van der Waals surface area contributed by atoms with Gasteiger partial charge in [-0.3, -0.25) is 9.48 Å². The zero-order valence-electron chi connectivity index (χ0n) is 7.06. The highest BCUT2D eigenvalue weighted by Crippen LogP contribution is 2.11. The van der Waals surface area contributed by atoms with Crippen LogP contribution >= 0.6 is 0 Å². The molecule has 0 unspecified atom stereocenters. The topological polar surface area (TPSA) is 63.6 Å². The van der Waals surface area contributed by atoms with Crippen LogP contribution in [-0.4, -0.2) is 19.7 Å². The molecule has 0 spiro atoms. The molecule has 66 valence electrons. The quantitative estimate of drug-likeness (QED) is 0.673. The van der Waals surface area contributed by atoms with E-state index in [4.69, 9.17) is 0 Å². The summed E-state index contributed by atoms with van der Waals surface area (Å²) < 4.78 is 1.67. The highest BCUT2D eigenvalue weighted by molar-refractivity contribution is 5.52. The third kappa shape index (κ3) is 1.35. The lowest BCUT2D eigenvalue weighted by Gasteiger charge is -1.98. The van der Waals surface area contributed by atoms with E-state index in [9.17, 15) is 4.79 Å². The SMILES string of the molecule is Cn1nccc1-c1cc(=O)[nH]cn1. The van der Waals surface area contributed by atoms with Gasteiger partial charge in [0.15, 0.2) is 0 Å². The maximum atomic E-state index is 11.0. The van der Waals surface area contributed by atoms with E-state index in [-0.39, 0.29) is 5.56 Å². The van der Waals surface area contributed by atoms with E-state index in [1.54, 1.807) is 17.9 Å². The van der Waals surface area contributed by atoms with E-state index in [0.717, 1.165) is 5.69 Å². The number of hydrogen-bond donors (Lipinski definition) is 1. The molecule has 2 rings (SSSR count). The summed E-state index contributed by atoms with van der Waals surface area (Å²) in [6.07, 6.45) is 3.04. The second-order valence-corrected chi connectivity index (χ2v) is 2.64. The van der Waals surface area contributed by atoms with Gasteiger partial charge in [-0.1, -0.05) is 0 Å². The molecule has 13 heavy (non-hydrogen) atoms. The van der Waals surface area contributed by atoms with Crippen LogP contribution in [0.5, 0.6) is 0 Å². The van der Waals surface area contributed by atoms with Gasteiger partial charge in [-0.15, -0.1) is 0 Å². The maximum absolute atomic E-state index is 11.0. The van der Waals surface area contributed by atoms with Crippen LogP contribution in [0.3, 0.4) is 0 Å². The summed E-state index contributed by atoms with van der Waals surface area (Å²) in [5.74, 6) is 0. The van der Waals surface area contributed by atoms with Crippen molar-refractivity contribution in [3.05, 3.63) is 35.0 Å². The third-order valence-corrected chi connectivity index (χ3v) is 1.76. The Morgan fingerprint density at radius 2 is 2.38 bits per heavy atom. The fourth-order valence-electron chi connectivity index (χ4n) is 1.13. The molecular formula is C8H8N4O. The molecule has 0 atom stereocenters. The molecule has 0 fully saturated rings. The van der Waals surface area contributed by atoms with Crippen molar-refractivity contribution in [1.29, 1.82) is 0 Å². The number of nitrogens with zero attached hydrogens (tertiary/aromatic N) is 3. The Morgan fingerprint density at radius 1 is 1.54 bits per heavy atom. The minimum atomic E-state index is -0.161. The Morgan fingerprint density at radius 3 is 3.00 bits per heavy atom. The first kappa shape index (κ1) is 7.72. The van der Waals surface area contributed by atoms with Crippen LogP contribution in [0.2, 0.25) is 0 Å². The molecule has 0 saturated heterocycles. The molecule has 0 aliphatic carbocycles. The van der Waals surface area contributed by atoms with Gasteiger partial charge >= 0.3 is 0 Å². The zero-order chi connectivity index (χ0) is 9.26. The fourth-order valence-corrected chi connectivity index (χ4v) is 1.13. The normalized spacial score (nSPS) is 10.2. The van der Waals surface area contributed by atoms with Crippen LogP contribution in [0.1, 0.15) is 0 Å². The fraction of sp³-hybridized carbons (Fsp3) is 0.125. The molecule has 5 heteroatoms. The van der Waals surface area contributed by atoms with Crippen molar-refractivity contribution >= 4 is 0 Å². The lowest BCUT2D eigenvalue weighted by atomic mass is 10.3. The van der Waals surface area contributed by atoms with Gasteiger partial charge in [-0.2, -0.15) is 5.10 Å². The van der Waals surface area contributed by atoms with E-state index in [0.29, 0.717) is 5.69 Å². The van der Waals surface area contributed by atoms with Gasteiger partial charge in [0.1, 0.15) is 0 Å². The molecule has 0 saturated carbocycles. The summed E-state index contributed by atoms with van der Waals surface area (Å²) in [6, 6.07) is 3.25. The average molecular weight is 176 g/mol. The lowest BCUT2D eigenvalue weighted by Crippen LogP contribution is -2.06. The molecule has 2 aromatic heterocycles.